The van der Waals surface area contributed by atoms with Crippen LogP contribution in [0.4, 0.5) is 4.79 Å². The first kappa shape index (κ1) is 22.2. The molecule has 0 aliphatic carbocycles. The summed E-state index contributed by atoms with van der Waals surface area (Å²) in [6, 6.07) is 5.00. The van der Waals surface area contributed by atoms with E-state index in [0.29, 0.717) is 4.90 Å². The predicted molar refractivity (Wildman–Crippen MR) is 106 cm³/mol. The zero-order valence-corrected chi connectivity index (χ0v) is 18.5. The minimum absolute atomic E-state index is 0.0428. The molecule has 1 spiro atoms. The van der Waals surface area contributed by atoms with Crippen LogP contribution >= 0.6 is 0 Å². The number of rotatable bonds is 4. The molecule has 2 heterocycles. The van der Waals surface area contributed by atoms with Crippen molar-refractivity contribution in [3.63, 3.8) is 0 Å². The number of aryl methyl sites for hydroxylation is 1. The van der Waals surface area contributed by atoms with E-state index in [-0.39, 0.29) is 24.5 Å². The van der Waals surface area contributed by atoms with E-state index in [1.165, 1.54) is 12.1 Å². The smallest absolute Gasteiger partial charge is 0.417 e. The summed E-state index contributed by atoms with van der Waals surface area (Å²) >= 11 is 0. The molecule has 0 bridgehead atoms. The SMILES string of the molecule is CCOC(=O)[C@@H]1C[C@@]2(CN2S(=O)(=O)c2ccc(C)cc2)C(=O)N1C(=O)OC(C)(C)C. The van der Waals surface area contributed by atoms with Crippen molar-refractivity contribution >= 4 is 28.0 Å². The summed E-state index contributed by atoms with van der Waals surface area (Å²) in [6.07, 6.45) is -1.17. The first-order chi connectivity index (χ1) is 13.8. The van der Waals surface area contributed by atoms with Crippen LogP contribution in [0.5, 0.6) is 0 Å². The zero-order chi connectivity index (χ0) is 22.5. The fourth-order valence-corrected chi connectivity index (χ4v) is 5.24. The maximum Gasteiger partial charge on any atom is 0.417 e. The van der Waals surface area contributed by atoms with Gasteiger partial charge in [-0.15, -0.1) is 0 Å². The van der Waals surface area contributed by atoms with Gasteiger partial charge in [-0.25, -0.2) is 22.9 Å². The zero-order valence-electron chi connectivity index (χ0n) is 17.7. The van der Waals surface area contributed by atoms with Crippen molar-refractivity contribution in [1.29, 1.82) is 0 Å². The number of benzene rings is 1. The summed E-state index contributed by atoms with van der Waals surface area (Å²) in [7, 11) is -3.97. The summed E-state index contributed by atoms with van der Waals surface area (Å²) in [5, 5.41) is 0. The van der Waals surface area contributed by atoms with Crippen molar-refractivity contribution in [2.45, 2.75) is 63.1 Å². The van der Waals surface area contributed by atoms with Crippen LogP contribution in [0.2, 0.25) is 0 Å². The van der Waals surface area contributed by atoms with E-state index >= 15 is 0 Å². The standard InChI is InChI=1S/C20H26N2O7S/c1-6-28-16(23)15-11-20(17(24)22(15)18(25)29-19(3,4)5)12-21(20)30(26,27)14-9-7-13(2)8-10-14/h7-10,15H,6,11-12H2,1-5H3/t15-,20+,21?/m0/s1. The van der Waals surface area contributed by atoms with Crippen molar-refractivity contribution in [3.8, 4) is 0 Å². The molecule has 3 rings (SSSR count). The molecule has 0 radical (unpaired) electrons. The van der Waals surface area contributed by atoms with E-state index in [2.05, 4.69) is 0 Å². The molecule has 1 aromatic carbocycles. The van der Waals surface area contributed by atoms with Crippen LogP contribution < -0.4 is 0 Å². The second-order valence-electron chi connectivity index (χ2n) is 8.48. The molecule has 2 aliphatic rings. The summed E-state index contributed by atoms with van der Waals surface area (Å²) in [6.45, 7) is 8.27. The Morgan fingerprint density at radius 1 is 1.20 bits per heavy atom. The number of likely N-dealkylation sites (tertiary alicyclic amines) is 1. The first-order valence-electron chi connectivity index (χ1n) is 9.66. The maximum atomic E-state index is 13.2. The minimum Gasteiger partial charge on any atom is -0.464 e. The predicted octanol–water partition coefficient (Wildman–Crippen LogP) is 1.84. The van der Waals surface area contributed by atoms with E-state index in [1.54, 1.807) is 39.8 Å². The average molecular weight is 439 g/mol. The number of hydrogen-bond donors (Lipinski definition) is 0. The first-order valence-corrected chi connectivity index (χ1v) is 11.1. The summed E-state index contributed by atoms with van der Waals surface area (Å²) in [4.78, 5) is 39.1. The minimum atomic E-state index is -3.97. The second kappa shape index (κ2) is 7.35. The summed E-state index contributed by atoms with van der Waals surface area (Å²) < 4.78 is 37.4. The number of nitrogens with zero attached hydrogens (tertiary/aromatic N) is 2. The van der Waals surface area contributed by atoms with E-state index in [1.807, 2.05) is 6.92 Å². The van der Waals surface area contributed by atoms with Crippen LogP contribution in [-0.4, -0.2) is 65.9 Å². The number of ether oxygens (including phenoxy) is 2. The molecule has 9 nitrogen and oxygen atoms in total. The van der Waals surface area contributed by atoms with Crippen molar-refractivity contribution in [2.75, 3.05) is 13.2 Å². The van der Waals surface area contributed by atoms with Gasteiger partial charge in [0, 0.05) is 13.0 Å². The van der Waals surface area contributed by atoms with Crippen LogP contribution in [0.15, 0.2) is 29.2 Å². The molecule has 164 valence electrons. The summed E-state index contributed by atoms with van der Waals surface area (Å²) in [5.41, 5.74) is -1.49. The van der Waals surface area contributed by atoms with Gasteiger partial charge in [0.2, 0.25) is 10.0 Å². The number of carbonyl (C=O) groups is 3. The molecule has 2 fully saturated rings. The topological polar surface area (TPSA) is 110 Å². The third-order valence-corrected chi connectivity index (χ3v) is 6.92. The largest absolute Gasteiger partial charge is 0.464 e. The quantitative estimate of drug-likeness (QED) is 0.521. The van der Waals surface area contributed by atoms with Gasteiger partial charge >= 0.3 is 12.1 Å². The van der Waals surface area contributed by atoms with Crippen LogP contribution in [0.1, 0.15) is 39.7 Å². The molecule has 3 atom stereocenters. The van der Waals surface area contributed by atoms with Gasteiger partial charge < -0.3 is 9.47 Å². The van der Waals surface area contributed by atoms with Gasteiger partial charge in [-0.1, -0.05) is 17.7 Å². The number of esters is 1. The van der Waals surface area contributed by atoms with Gasteiger partial charge in [-0.3, -0.25) is 4.79 Å². The molecular weight excluding hydrogens is 412 g/mol. The normalized spacial score (nSPS) is 26.0. The molecule has 2 saturated heterocycles. The van der Waals surface area contributed by atoms with Crippen LogP contribution in [0, 0.1) is 6.92 Å². The van der Waals surface area contributed by atoms with Gasteiger partial charge in [-0.05, 0) is 46.8 Å². The fourth-order valence-electron chi connectivity index (χ4n) is 3.51. The molecule has 30 heavy (non-hydrogen) atoms. The van der Waals surface area contributed by atoms with Crippen molar-refractivity contribution < 1.29 is 32.3 Å². The maximum absolute atomic E-state index is 13.2. The lowest BCUT2D eigenvalue weighted by Crippen LogP contribution is -2.47. The van der Waals surface area contributed by atoms with Gasteiger partial charge in [0.05, 0.1) is 11.5 Å². The van der Waals surface area contributed by atoms with Crippen molar-refractivity contribution in [1.82, 2.24) is 9.21 Å². The van der Waals surface area contributed by atoms with Crippen molar-refractivity contribution in [3.05, 3.63) is 29.8 Å². The van der Waals surface area contributed by atoms with Gasteiger partial charge in [0.25, 0.3) is 5.91 Å². The monoisotopic (exact) mass is 438 g/mol. The van der Waals surface area contributed by atoms with Gasteiger partial charge in [-0.2, -0.15) is 4.31 Å². The highest BCUT2D eigenvalue weighted by Gasteiger charge is 2.72. The Morgan fingerprint density at radius 3 is 2.33 bits per heavy atom. The van der Waals surface area contributed by atoms with Crippen LogP contribution in [-0.2, 0) is 29.1 Å². The number of hydrogen-bond acceptors (Lipinski definition) is 7. The van der Waals surface area contributed by atoms with E-state index in [0.717, 1.165) is 9.87 Å². The second-order valence-corrected chi connectivity index (χ2v) is 10.3. The number of imide groups is 1. The lowest BCUT2D eigenvalue weighted by atomic mass is 10.1. The molecule has 0 saturated carbocycles. The Balaban J connectivity index is 1.93. The highest BCUT2D eigenvalue weighted by molar-refractivity contribution is 7.89. The number of amides is 2. The highest BCUT2D eigenvalue weighted by atomic mass is 32.2. The third kappa shape index (κ3) is 3.81. The molecule has 2 amide bonds. The van der Waals surface area contributed by atoms with Crippen molar-refractivity contribution in [2.24, 2.45) is 0 Å². The van der Waals surface area contributed by atoms with E-state index in [4.69, 9.17) is 9.47 Å². The molecule has 2 aliphatic heterocycles. The summed E-state index contributed by atoms with van der Waals surface area (Å²) in [5.74, 6) is -1.54. The lowest BCUT2D eigenvalue weighted by molar-refractivity contribution is -0.151. The van der Waals surface area contributed by atoms with Crippen LogP contribution in [0.25, 0.3) is 0 Å². The van der Waals surface area contributed by atoms with E-state index in [9.17, 15) is 22.8 Å². The Morgan fingerprint density at radius 2 is 1.80 bits per heavy atom. The molecular formula is C20H26N2O7S. The Kier molecular flexibility index (Phi) is 5.44. The number of carbonyl (C=O) groups excluding carboxylic acids is 3. The average Bonchev–Trinajstić information content (AvgIpc) is 3.29. The lowest BCUT2D eigenvalue weighted by Gasteiger charge is -2.26. The van der Waals surface area contributed by atoms with Gasteiger partial charge in [0.15, 0.2) is 0 Å². The highest BCUT2D eigenvalue weighted by Crippen LogP contribution is 2.49. The molecule has 0 N–H and O–H groups in total. The van der Waals surface area contributed by atoms with Gasteiger partial charge in [0.1, 0.15) is 17.2 Å². The molecule has 1 aromatic rings. The Labute approximate surface area is 176 Å². The number of sulfonamides is 1. The molecule has 0 aromatic heterocycles. The van der Waals surface area contributed by atoms with E-state index < -0.39 is 45.2 Å². The molecule has 1 unspecified atom stereocenters. The Hall–Kier alpha value is -2.46. The fraction of sp³-hybridized carbons (Fsp3) is 0.550. The molecule has 10 heteroatoms. The Bertz CT molecular complexity index is 981. The third-order valence-electron chi connectivity index (χ3n) is 5.00. The van der Waals surface area contributed by atoms with Crippen LogP contribution in [0.3, 0.4) is 0 Å².